The van der Waals surface area contributed by atoms with Gasteiger partial charge in [-0.05, 0) is 45.0 Å². The van der Waals surface area contributed by atoms with Crippen molar-refractivity contribution < 1.29 is 4.74 Å². The van der Waals surface area contributed by atoms with E-state index in [-0.39, 0.29) is 6.10 Å². The lowest BCUT2D eigenvalue weighted by molar-refractivity contribution is 0.242. The minimum absolute atomic E-state index is 0.144. The molecule has 1 heterocycles. The topological polar surface area (TPSA) is 33.3 Å². The molecule has 0 amide bonds. The summed E-state index contributed by atoms with van der Waals surface area (Å²) < 4.78 is 5.60. The largest absolute Gasteiger partial charge is 0.489 e. The van der Waals surface area contributed by atoms with E-state index in [0.717, 1.165) is 30.9 Å². The predicted molar refractivity (Wildman–Crippen MR) is 72.1 cm³/mol. The molecule has 0 saturated carbocycles. The zero-order valence-electron chi connectivity index (χ0n) is 10.3. The number of hydrogen-bond acceptors (Lipinski definition) is 3. The van der Waals surface area contributed by atoms with Gasteiger partial charge in [0.25, 0.3) is 0 Å². The summed E-state index contributed by atoms with van der Waals surface area (Å²) in [5.74, 6) is 0.747. The first-order valence-corrected chi connectivity index (χ1v) is 6.46. The highest BCUT2D eigenvalue weighted by Gasteiger charge is 2.14. The maximum absolute atomic E-state index is 6.18. The van der Waals surface area contributed by atoms with Crippen molar-refractivity contribution in [2.45, 2.75) is 32.4 Å². The van der Waals surface area contributed by atoms with Crippen molar-refractivity contribution in [3.8, 4) is 5.75 Å². The normalized spacial score (nSPS) is 19.6. The summed E-state index contributed by atoms with van der Waals surface area (Å²) in [7, 11) is 0. The molecule has 2 rings (SSSR count). The van der Waals surface area contributed by atoms with E-state index in [2.05, 4.69) is 10.6 Å². The number of benzene rings is 1. The van der Waals surface area contributed by atoms with Gasteiger partial charge in [-0.1, -0.05) is 11.6 Å². The molecule has 1 fully saturated rings. The minimum Gasteiger partial charge on any atom is -0.489 e. The molecule has 1 aliphatic rings. The molecule has 1 aromatic carbocycles. The van der Waals surface area contributed by atoms with Crippen molar-refractivity contribution in [2.75, 3.05) is 18.4 Å². The van der Waals surface area contributed by atoms with Crippen LogP contribution in [0.5, 0.6) is 5.75 Å². The standard InChI is InChI=1S/C13H19ClN2O/c1-9(2)17-13-4-3-10(7-12(13)14)16-11-5-6-15-8-11/h3-4,7,9,11,15-16H,5-6,8H2,1-2H3. The zero-order valence-corrected chi connectivity index (χ0v) is 11.1. The molecule has 1 aliphatic heterocycles. The third-order valence-corrected chi connectivity index (χ3v) is 3.02. The summed E-state index contributed by atoms with van der Waals surface area (Å²) in [5, 5.41) is 7.45. The van der Waals surface area contributed by atoms with Crippen LogP contribution in [0.3, 0.4) is 0 Å². The lowest BCUT2D eigenvalue weighted by Crippen LogP contribution is -2.22. The molecule has 3 nitrogen and oxygen atoms in total. The Bertz CT molecular complexity index is 376. The van der Waals surface area contributed by atoms with Gasteiger partial charge in [0.15, 0.2) is 0 Å². The molecule has 0 radical (unpaired) electrons. The van der Waals surface area contributed by atoms with Gasteiger partial charge in [-0.25, -0.2) is 0 Å². The second kappa shape index (κ2) is 5.61. The van der Waals surface area contributed by atoms with Crippen LogP contribution in [0.1, 0.15) is 20.3 Å². The maximum Gasteiger partial charge on any atom is 0.138 e. The monoisotopic (exact) mass is 254 g/mol. The number of nitrogens with one attached hydrogen (secondary N) is 2. The highest BCUT2D eigenvalue weighted by molar-refractivity contribution is 6.32. The first-order valence-electron chi connectivity index (χ1n) is 6.08. The van der Waals surface area contributed by atoms with Crippen LogP contribution in [0.2, 0.25) is 5.02 Å². The van der Waals surface area contributed by atoms with E-state index in [0.29, 0.717) is 11.1 Å². The summed E-state index contributed by atoms with van der Waals surface area (Å²) in [5.41, 5.74) is 1.06. The van der Waals surface area contributed by atoms with Crippen LogP contribution in [-0.4, -0.2) is 25.2 Å². The Morgan fingerprint density at radius 1 is 1.47 bits per heavy atom. The summed E-state index contributed by atoms with van der Waals surface area (Å²) >= 11 is 6.18. The van der Waals surface area contributed by atoms with Crippen LogP contribution in [0.15, 0.2) is 18.2 Å². The summed E-state index contributed by atoms with van der Waals surface area (Å²) in [6, 6.07) is 6.37. The second-order valence-corrected chi connectivity index (χ2v) is 5.05. The lowest BCUT2D eigenvalue weighted by Gasteiger charge is -2.15. The SMILES string of the molecule is CC(C)Oc1ccc(NC2CCNC2)cc1Cl. The minimum atomic E-state index is 0.144. The van der Waals surface area contributed by atoms with Crippen LogP contribution < -0.4 is 15.4 Å². The molecule has 1 aromatic rings. The molecule has 94 valence electrons. The van der Waals surface area contributed by atoms with Gasteiger partial charge in [0.05, 0.1) is 11.1 Å². The zero-order chi connectivity index (χ0) is 12.3. The molecular formula is C13H19ClN2O. The summed E-state index contributed by atoms with van der Waals surface area (Å²) in [4.78, 5) is 0. The Morgan fingerprint density at radius 2 is 2.29 bits per heavy atom. The van der Waals surface area contributed by atoms with Crippen molar-refractivity contribution in [2.24, 2.45) is 0 Å². The molecule has 0 bridgehead atoms. The fourth-order valence-electron chi connectivity index (χ4n) is 1.95. The second-order valence-electron chi connectivity index (χ2n) is 4.65. The summed E-state index contributed by atoms with van der Waals surface area (Å²) in [6.07, 6.45) is 1.30. The molecule has 2 N–H and O–H groups in total. The van der Waals surface area contributed by atoms with Gasteiger partial charge >= 0.3 is 0 Å². The Balaban J connectivity index is 2.02. The van der Waals surface area contributed by atoms with E-state index in [1.54, 1.807) is 0 Å². The molecule has 0 aliphatic carbocycles. The van der Waals surface area contributed by atoms with Crippen LogP contribution in [0, 0.1) is 0 Å². The lowest BCUT2D eigenvalue weighted by atomic mass is 10.2. The number of rotatable bonds is 4. The fraction of sp³-hybridized carbons (Fsp3) is 0.538. The van der Waals surface area contributed by atoms with Crippen LogP contribution >= 0.6 is 11.6 Å². The predicted octanol–water partition coefficient (Wildman–Crippen LogP) is 2.90. The van der Waals surface area contributed by atoms with E-state index in [1.807, 2.05) is 32.0 Å². The molecule has 17 heavy (non-hydrogen) atoms. The fourth-order valence-corrected chi connectivity index (χ4v) is 2.18. The Hall–Kier alpha value is -0.930. The molecule has 1 atom stereocenters. The van der Waals surface area contributed by atoms with Crippen LogP contribution in [0.25, 0.3) is 0 Å². The van der Waals surface area contributed by atoms with E-state index in [9.17, 15) is 0 Å². The Morgan fingerprint density at radius 3 is 2.88 bits per heavy atom. The molecule has 4 heteroatoms. The van der Waals surface area contributed by atoms with E-state index < -0.39 is 0 Å². The highest BCUT2D eigenvalue weighted by Crippen LogP contribution is 2.29. The Labute approximate surface area is 107 Å². The van der Waals surface area contributed by atoms with Gasteiger partial charge in [0.2, 0.25) is 0 Å². The van der Waals surface area contributed by atoms with Gasteiger partial charge < -0.3 is 15.4 Å². The molecule has 0 aromatic heterocycles. The van der Waals surface area contributed by atoms with Crippen molar-refractivity contribution >= 4 is 17.3 Å². The van der Waals surface area contributed by atoms with Crippen LogP contribution in [0.4, 0.5) is 5.69 Å². The van der Waals surface area contributed by atoms with E-state index in [4.69, 9.17) is 16.3 Å². The average molecular weight is 255 g/mol. The van der Waals surface area contributed by atoms with E-state index >= 15 is 0 Å². The third kappa shape index (κ3) is 3.51. The van der Waals surface area contributed by atoms with Crippen LogP contribution in [-0.2, 0) is 0 Å². The third-order valence-electron chi connectivity index (χ3n) is 2.73. The molecule has 1 unspecified atom stereocenters. The van der Waals surface area contributed by atoms with Crippen molar-refractivity contribution in [1.82, 2.24) is 5.32 Å². The van der Waals surface area contributed by atoms with Crippen molar-refractivity contribution in [3.63, 3.8) is 0 Å². The maximum atomic E-state index is 6.18. The first kappa shape index (κ1) is 12.5. The van der Waals surface area contributed by atoms with Gasteiger partial charge in [-0.2, -0.15) is 0 Å². The number of ether oxygens (including phenoxy) is 1. The summed E-state index contributed by atoms with van der Waals surface area (Å²) in [6.45, 7) is 6.08. The van der Waals surface area contributed by atoms with Gasteiger partial charge in [0, 0.05) is 18.3 Å². The number of halogens is 1. The van der Waals surface area contributed by atoms with Gasteiger partial charge in [-0.15, -0.1) is 0 Å². The molecule has 0 spiro atoms. The van der Waals surface area contributed by atoms with Crippen molar-refractivity contribution in [3.05, 3.63) is 23.2 Å². The van der Waals surface area contributed by atoms with Gasteiger partial charge in [0.1, 0.15) is 5.75 Å². The molecular weight excluding hydrogens is 236 g/mol. The van der Waals surface area contributed by atoms with E-state index in [1.165, 1.54) is 0 Å². The van der Waals surface area contributed by atoms with Gasteiger partial charge in [-0.3, -0.25) is 0 Å². The quantitative estimate of drug-likeness (QED) is 0.867. The smallest absolute Gasteiger partial charge is 0.138 e. The number of hydrogen-bond donors (Lipinski definition) is 2. The van der Waals surface area contributed by atoms with Crippen molar-refractivity contribution in [1.29, 1.82) is 0 Å². The Kier molecular flexibility index (Phi) is 4.13. The average Bonchev–Trinajstić information content (AvgIpc) is 2.74. The first-order chi connectivity index (χ1) is 8.15. The highest BCUT2D eigenvalue weighted by atomic mass is 35.5. The molecule has 1 saturated heterocycles. The number of anilines is 1.